The van der Waals surface area contributed by atoms with Crippen molar-refractivity contribution in [1.29, 1.82) is 0 Å². The molecule has 0 bridgehead atoms. The van der Waals surface area contributed by atoms with E-state index in [1.807, 2.05) is 6.92 Å². The molecule has 84 valence electrons. The maximum Gasteiger partial charge on any atom is 0.319 e. The summed E-state index contributed by atoms with van der Waals surface area (Å²) in [5.41, 5.74) is 0. The molecule has 1 N–H and O–H groups in total. The molecule has 0 amide bonds. The lowest BCUT2D eigenvalue weighted by Crippen LogP contribution is -2.42. The van der Waals surface area contributed by atoms with Gasteiger partial charge in [-0.2, -0.15) is 0 Å². The van der Waals surface area contributed by atoms with Gasteiger partial charge in [0, 0.05) is 14.2 Å². The zero-order valence-corrected chi connectivity index (χ0v) is 9.20. The molecule has 0 rings (SSSR count). The number of ether oxygens (including phenoxy) is 3. The monoisotopic (exact) mass is 205 g/mol. The van der Waals surface area contributed by atoms with Gasteiger partial charge in [-0.05, 0) is 13.8 Å². The van der Waals surface area contributed by atoms with E-state index in [0.29, 0.717) is 6.61 Å². The molecule has 1 unspecified atom stereocenters. The molecule has 0 fully saturated rings. The highest BCUT2D eigenvalue weighted by atomic mass is 16.7. The smallest absolute Gasteiger partial charge is 0.319 e. The van der Waals surface area contributed by atoms with Gasteiger partial charge in [0.2, 0.25) is 0 Å². The van der Waals surface area contributed by atoms with Crippen molar-refractivity contribution >= 4 is 5.97 Å². The summed E-state index contributed by atoms with van der Waals surface area (Å²) < 4.78 is 14.8. The van der Waals surface area contributed by atoms with Crippen LogP contribution >= 0.6 is 0 Å². The van der Waals surface area contributed by atoms with Gasteiger partial charge in [-0.1, -0.05) is 0 Å². The number of hydrogen-bond acceptors (Lipinski definition) is 5. The van der Waals surface area contributed by atoms with E-state index in [2.05, 4.69) is 5.32 Å². The molecule has 5 nitrogen and oxygen atoms in total. The van der Waals surface area contributed by atoms with E-state index in [1.165, 1.54) is 0 Å². The maximum atomic E-state index is 11.0. The summed E-state index contributed by atoms with van der Waals surface area (Å²) in [5.74, 6) is -0.273. The van der Waals surface area contributed by atoms with Crippen LogP contribution in [0.5, 0.6) is 0 Å². The SMILES string of the molecule is CCOC(=O)CNC(C)C(OC)OC. The van der Waals surface area contributed by atoms with Gasteiger partial charge >= 0.3 is 5.97 Å². The lowest BCUT2D eigenvalue weighted by atomic mass is 10.3. The topological polar surface area (TPSA) is 56.8 Å². The first kappa shape index (κ1) is 13.4. The molecule has 0 aliphatic rings. The average molecular weight is 205 g/mol. The minimum atomic E-state index is -0.357. The van der Waals surface area contributed by atoms with E-state index in [1.54, 1.807) is 21.1 Å². The van der Waals surface area contributed by atoms with Crippen LogP contribution in [-0.4, -0.2) is 45.7 Å². The molecular formula is C9H19NO4. The van der Waals surface area contributed by atoms with Crippen LogP contribution in [0.4, 0.5) is 0 Å². The molecule has 1 atom stereocenters. The summed E-state index contributed by atoms with van der Waals surface area (Å²) in [7, 11) is 3.10. The molecule has 0 aliphatic heterocycles. The Morgan fingerprint density at radius 1 is 1.36 bits per heavy atom. The summed E-state index contributed by atoms with van der Waals surface area (Å²) >= 11 is 0. The zero-order chi connectivity index (χ0) is 11.0. The molecule has 0 saturated heterocycles. The summed E-state index contributed by atoms with van der Waals surface area (Å²) in [6, 6.07) is -0.0607. The van der Waals surface area contributed by atoms with Gasteiger partial charge in [0.15, 0.2) is 6.29 Å². The Balaban J connectivity index is 3.71. The van der Waals surface area contributed by atoms with Gasteiger partial charge in [0.25, 0.3) is 0 Å². The second kappa shape index (κ2) is 7.73. The zero-order valence-electron chi connectivity index (χ0n) is 9.20. The predicted octanol–water partition coefficient (Wildman–Crippen LogP) is 0.147. The number of carbonyl (C=O) groups is 1. The Bertz CT molecular complexity index is 159. The molecule has 0 aliphatic carbocycles. The molecule has 0 heterocycles. The number of methoxy groups -OCH3 is 2. The van der Waals surface area contributed by atoms with Crippen molar-refractivity contribution in [3.63, 3.8) is 0 Å². The van der Waals surface area contributed by atoms with Crippen LogP contribution in [0.2, 0.25) is 0 Å². The van der Waals surface area contributed by atoms with Gasteiger partial charge in [0.1, 0.15) is 0 Å². The first-order valence-electron chi connectivity index (χ1n) is 4.60. The standard InChI is InChI=1S/C9H19NO4/c1-5-14-8(11)6-10-7(2)9(12-3)13-4/h7,9-10H,5-6H2,1-4H3. The second-order valence-electron chi connectivity index (χ2n) is 2.81. The fourth-order valence-electron chi connectivity index (χ4n) is 1.06. The largest absolute Gasteiger partial charge is 0.465 e. The third-order valence-electron chi connectivity index (χ3n) is 1.75. The van der Waals surface area contributed by atoms with Crippen LogP contribution in [0.1, 0.15) is 13.8 Å². The number of rotatable bonds is 7. The third-order valence-corrected chi connectivity index (χ3v) is 1.75. The van der Waals surface area contributed by atoms with E-state index in [4.69, 9.17) is 14.2 Å². The van der Waals surface area contributed by atoms with E-state index in [-0.39, 0.29) is 24.8 Å². The highest BCUT2D eigenvalue weighted by Crippen LogP contribution is 1.97. The number of nitrogens with one attached hydrogen (secondary N) is 1. The minimum Gasteiger partial charge on any atom is -0.465 e. The summed E-state index contributed by atoms with van der Waals surface area (Å²) in [5, 5.41) is 2.94. The van der Waals surface area contributed by atoms with Crippen molar-refractivity contribution in [2.45, 2.75) is 26.2 Å². The number of carbonyl (C=O) groups excluding carboxylic acids is 1. The Kier molecular flexibility index (Phi) is 7.37. The quantitative estimate of drug-likeness (QED) is 0.473. The summed E-state index contributed by atoms with van der Waals surface area (Å²) in [6.45, 7) is 4.20. The molecule has 0 radical (unpaired) electrons. The van der Waals surface area contributed by atoms with Crippen LogP contribution in [0.3, 0.4) is 0 Å². The van der Waals surface area contributed by atoms with Gasteiger partial charge in [0.05, 0.1) is 19.2 Å². The fraction of sp³-hybridized carbons (Fsp3) is 0.889. The first-order chi connectivity index (χ1) is 6.65. The highest BCUT2D eigenvalue weighted by molar-refractivity contribution is 5.71. The Morgan fingerprint density at radius 2 is 1.93 bits per heavy atom. The molecule has 0 saturated carbocycles. The lowest BCUT2D eigenvalue weighted by Gasteiger charge is -2.21. The van der Waals surface area contributed by atoms with E-state index in [9.17, 15) is 4.79 Å². The van der Waals surface area contributed by atoms with Crippen LogP contribution in [-0.2, 0) is 19.0 Å². The minimum absolute atomic E-state index is 0.0607. The van der Waals surface area contributed by atoms with Crippen LogP contribution < -0.4 is 5.32 Å². The third kappa shape index (κ3) is 5.16. The van der Waals surface area contributed by atoms with Gasteiger partial charge in [-0.3, -0.25) is 10.1 Å². The molecular weight excluding hydrogens is 186 g/mol. The van der Waals surface area contributed by atoms with Gasteiger partial charge in [-0.15, -0.1) is 0 Å². The van der Waals surface area contributed by atoms with Crippen molar-refractivity contribution in [3.05, 3.63) is 0 Å². The highest BCUT2D eigenvalue weighted by Gasteiger charge is 2.16. The van der Waals surface area contributed by atoms with E-state index >= 15 is 0 Å². The molecule has 5 heteroatoms. The van der Waals surface area contributed by atoms with E-state index in [0.717, 1.165) is 0 Å². The van der Waals surface area contributed by atoms with E-state index < -0.39 is 0 Å². The van der Waals surface area contributed by atoms with Gasteiger partial charge in [-0.25, -0.2) is 0 Å². The normalized spacial score (nSPS) is 12.9. The number of hydrogen-bond donors (Lipinski definition) is 1. The van der Waals surface area contributed by atoms with Crippen LogP contribution in [0.15, 0.2) is 0 Å². The molecule has 0 aromatic rings. The molecule has 0 spiro atoms. The average Bonchev–Trinajstić information content (AvgIpc) is 2.17. The second-order valence-corrected chi connectivity index (χ2v) is 2.81. The lowest BCUT2D eigenvalue weighted by molar-refractivity contribution is -0.144. The van der Waals surface area contributed by atoms with Crippen molar-refractivity contribution < 1.29 is 19.0 Å². The van der Waals surface area contributed by atoms with Gasteiger partial charge < -0.3 is 14.2 Å². The predicted molar refractivity (Wildman–Crippen MR) is 51.9 cm³/mol. The first-order valence-corrected chi connectivity index (χ1v) is 4.60. The Morgan fingerprint density at radius 3 is 2.36 bits per heavy atom. The summed E-state index contributed by atoms with van der Waals surface area (Å²) in [4.78, 5) is 11.0. The van der Waals surface area contributed by atoms with Crippen LogP contribution in [0.25, 0.3) is 0 Å². The Labute approximate surface area is 84.7 Å². The molecule has 0 aromatic carbocycles. The van der Waals surface area contributed by atoms with Crippen molar-refractivity contribution in [3.8, 4) is 0 Å². The van der Waals surface area contributed by atoms with Crippen LogP contribution in [0, 0.1) is 0 Å². The number of esters is 1. The summed E-state index contributed by atoms with van der Waals surface area (Å²) in [6.07, 6.45) is -0.357. The van der Waals surface area contributed by atoms with Crippen molar-refractivity contribution in [2.24, 2.45) is 0 Å². The Hall–Kier alpha value is -0.650. The molecule has 14 heavy (non-hydrogen) atoms. The molecule has 0 aromatic heterocycles. The fourth-order valence-corrected chi connectivity index (χ4v) is 1.06. The maximum absolute atomic E-state index is 11.0. The van der Waals surface area contributed by atoms with Crippen molar-refractivity contribution in [2.75, 3.05) is 27.4 Å². The van der Waals surface area contributed by atoms with Crippen molar-refractivity contribution in [1.82, 2.24) is 5.32 Å².